The Morgan fingerprint density at radius 1 is 0.931 bits per heavy atom. The molecule has 5 atom stereocenters. The monoisotopic (exact) mass is 400 g/mol. The average molecular weight is 400 g/mol. The summed E-state index contributed by atoms with van der Waals surface area (Å²) in [6.07, 6.45) is -7.05. The van der Waals surface area contributed by atoms with Gasteiger partial charge in [-0.3, -0.25) is 4.79 Å². The van der Waals surface area contributed by atoms with Gasteiger partial charge in [0.05, 0.1) is 12.0 Å². The highest BCUT2D eigenvalue weighted by molar-refractivity contribution is 5.80. The smallest absolute Gasteiger partial charge is 0.230 e. The van der Waals surface area contributed by atoms with E-state index in [9.17, 15) is 30.3 Å². The minimum absolute atomic E-state index is 0.0591. The molecule has 5 unspecified atom stereocenters. The molecule has 1 aliphatic rings. The topological polar surface area (TPSA) is 141 Å². The van der Waals surface area contributed by atoms with Gasteiger partial charge in [0.1, 0.15) is 41.3 Å². The summed E-state index contributed by atoms with van der Waals surface area (Å²) in [6.45, 7) is -0.757. The fraction of sp³-hybridized carbons (Fsp3) is 0.286. The van der Waals surface area contributed by atoms with Crippen LogP contribution in [-0.2, 0) is 10.5 Å². The summed E-state index contributed by atoms with van der Waals surface area (Å²) in [6, 6.07) is 14.8. The molecular formula is C21H20O8. The van der Waals surface area contributed by atoms with Crippen molar-refractivity contribution >= 4 is 11.0 Å². The maximum atomic E-state index is 13.3. The predicted octanol–water partition coefficient (Wildman–Crippen LogP) is 0.0789. The van der Waals surface area contributed by atoms with Crippen LogP contribution in [0.4, 0.5) is 0 Å². The molecule has 1 aliphatic heterocycles. The highest BCUT2D eigenvalue weighted by Crippen LogP contribution is 2.40. The number of fused-ring (bicyclic) bond motifs is 1. The molecule has 1 aromatic heterocycles. The molecule has 2 heterocycles. The van der Waals surface area contributed by atoms with Crippen LogP contribution < -0.4 is 5.43 Å². The van der Waals surface area contributed by atoms with Gasteiger partial charge in [-0.15, -0.1) is 0 Å². The zero-order valence-corrected chi connectivity index (χ0v) is 15.2. The van der Waals surface area contributed by atoms with Crippen molar-refractivity contribution in [2.24, 2.45) is 0 Å². The summed E-state index contributed by atoms with van der Waals surface area (Å²) >= 11 is 0. The zero-order chi connectivity index (χ0) is 20.8. The lowest BCUT2D eigenvalue weighted by molar-refractivity contribution is -0.358. The zero-order valence-electron chi connectivity index (χ0n) is 15.2. The first kappa shape index (κ1) is 19.7. The van der Waals surface area contributed by atoms with Crippen molar-refractivity contribution in [3.63, 3.8) is 0 Å². The van der Waals surface area contributed by atoms with E-state index in [-0.39, 0.29) is 16.7 Å². The van der Waals surface area contributed by atoms with Gasteiger partial charge in [-0.05, 0) is 12.1 Å². The highest BCUT2D eigenvalue weighted by atomic mass is 16.7. The third kappa shape index (κ3) is 3.06. The van der Waals surface area contributed by atoms with E-state index in [1.165, 1.54) is 6.07 Å². The van der Waals surface area contributed by atoms with Gasteiger partial charge in [0.15, 0.2) is 0 Å². The number of hydrogen-bond donors (Lipinski definition) is 5. The van der Waals surface area contributed by atoms with Crippen LogP contribution in [0, 0.1) is 0 Å². The maximum Gasteiger partial charge on any atom is 0.230 e. The Morgan fingerprint density at radius 2 is 1.59 bits per heavy atom. The molecule has 0 aliphatic carbocycles. The summed E-state index contributed by atoms with van der Waals surface area (Å²) in [7, 11) is 0. The predicted molar refractivity (Wildman–Crippen MR) is 102 cm³/mol. The molecule has 1 fully saturated rings. The Kier molecular flexibility index (Phi) is 4.99. The van der Waals surface area contributed by atoms with Crippen molar-refractivity contribution in [3.05, 3.63) is 70.4 Å². The number of para-hydroxylation sites is 1. The number of benzene rings is 2. The van der Waals surface area contributed by atoms with Crippen LogP contribution in [0.15, 0.2) is 63.8 Å². The van der Waals surface area contributed by atoms with Crippen molar-refractivity contribution in [3.8, 4) is 11.3 Å². The Bertz CT molecular complexity index is 1080. The van der Waals surface area contributed by atoms with Crippen LogP contribution >= 0.6 is 0 Å². The molecular weight excluding hydrogens is 380 g/mol. The molecule has 0 bridgehead atoms. The molecule has 0 radical (unpaired) electrons. The van der Waals surface area contributed by atoms with E-state index in [0.29, 0.717) is 5.56 Å². The van der Waals surface area contributed by atoms with Crippen LogP contribution in [0.3, 0.4) is 0 Å². The van der Waals surface area contributed by atoms with E-state index in [4.69, 9.17) is 9.15 Å². The summed E-state index contributed by atoms with van der Waals surface area (Å²) in [4.78, 5) is 13.3. The fourth-order valence-corrected chi connectivity index (χ4v) is 3.62. The number of ether oxygens (including phenoxy) is 1. The van der Waals surface area contributed by atoms with E-state index in [2.05, 4.69) is 0 Å². The standard InChI is InChI=1S/C21H20O8/c22-10-14-17(24)18(25)20(26)21(27,29-14)15-16(23)12-8-4-5-9-13(12)28-19(15)11-6-2-1-3-7-11/h1-9,14,17-18,20,22,24-27H,10H2. The summed E-state index contributed by atoms with van der Waals surface area (Å²) in [5, 5.41) is 51.7. The van der Waals surface area contributed by atoms with Crippen LogP contribution in [0.25, 0.3) is 22.3 Å². The summed E-state index contributed by atoms with van der Waals surface area (Å²) < 4.78 is 11.3. The third-order valence-electron chi connectivity index (χ3n) is 5.16. The summed E-state index contributed by atoms with van der Waals surface area (Å²) in [5.41, 5.74) is -0.420. The van der Waals surface area contributed by atoms with Gasteiger partial charge in [-0.1, -0.05) is 42.5 Å². The lowest BCUT2D eigenvalue weighted by Crippen LogP contribution is -2.64. The van der Waals surface area contributed by atoms with Crippen LogP contribution in [0.5, 0.6) is 0 Å². The molecule has 8 nitrogen and oxygen atoms in total. The molecule has 8 heteroatoms. The number of aliphatic hydroxyl groups is 5. The second-order valence-electron chi connectivity index (χ2n) is 6.96. The van der Waals surface area contributed by atoms with Gasteiger partial charge in [-0.25, -0.2) is 0 Å². The minimum atomic E-state index is -2.73. The number of aliphatic hydroxyl groups excluding tert-OH is 4. The minimum Gasteiger partial charge on any atom is -0.455 e. The van der Waals surface area contributed by atoms with Gasteiger partial charge in [-0.2, -0.15) is 0 Å². The SMILES string of the molecule is O=c1c(C2(O)OC(CO)C(O)C(O)C2O)c(-c2ccccc2)oc2ccccc12. The van der Waals surface area contributed by atoms with Gasteiger partial charge in [0, 0.05) is 5.56 Å². The van der Waals surface area contributed by atoms with Gasteiger partial charge in [0.25, 0.3) is 0 Å². The quantitative estimate of drug-likeness (QED) is 0.416. The van der Waals surface area contributed by atoms with Gasteiger partial charge in [0.2, 0.25) is 11.2 Å². The molecule has 29 heavy (non-hydrogen) atoms. The van der Waals surface area contributed by atoms with Crippen LogP contribution in [0.1, 0.15) is 5.56 Å². The van der Waals surface area contributed by atoms with E-state index < -0.39 is 47.8 Å². The first-order chi connectivity index (χ1) is 13.9. The highest BCUT2D eigenvalue weighted by Gasteiger charge is 2.56. The van der Waals surface area contributed by atoms with Crippen molar-refractivity contribution in [2.75, 3.05) is 6.61 Å². The summed E-state index contributed by atoms with van der Waals surface area (Å²) in [5.74, 6) is -2.79. The van der Waals surface area contributed by atoms with Gasteiger partial charge >= 0.3 is 0 Å². The second-order valence-corrected chi connectivity index (χ2v) is 6.96. The van der Waals surface area contributed by atoms with E-state index in [0.717, 1.165) is 0 Å². The molecule has 5 N–H and O–H groups in total. The molecule has 3 aromatic rings. The van der Waals surface area contributed by atoms with Crippen LogP contribution in [-0.4, -0.2) is 56.6 Å². The normalized spacial score (nSPS) is 29.8. The largest absolute Gasteiger partial charge is 0.455 e. The van der Waals surface area contributed by atoms with Crippen LogP contribution in [0.2, 0.25) is 0 Å². The Labute approximate surface area is 164 Å². The Balaban J connectivity index is 2.04. The van der Waals surface area contributed by atoms with E-state index in [1.54, 1.807) is 48.5 Å². The molecule has 0 saturated carbocycles. The van der Waals surface area contributed by atoms with Gasteiger partial charge < -0.3 is 34.7 Å². The molecule has 0 spiro atoms. The lowest BCUT2D eigenvalue weighted by atomic mass is 9.86. The number of rotatable bonds is 3. The molecule has 1 saturated heterocycles. The maximum absolute atomic E-state index is 13.3. The van der Waals surface area contributed by atoms with Crippen molar-refractivity contribution in [2.45, 2.75) is 30.2 Å². The Morgan fingerprint density at radius 3 is 2.28 bits per heavy atom. The lowest BCUT2D eigenvalue weighted by Gasteiger charge is -2.45. The Hall–Kier alpha value is -2.59. The van der Waals surface area contributed by atoms with Crippen molar-refractivity contribution < 1.29 is 34.7 Å². The first-order valence-electron chi connectivity index (χ1n) is 9.05. The second kappa shape index (κ2) is 7.34. The molecule has 4 rings (SSSR count). The average Bonchev–Trinajstić information content (AvgIpc) is 2.75. The van der Waals surface area contributed by atoms with E-state index in [1.807, 2.05) is 0 Å². The van der Waals surface area contributed by atoms with Crippen molar-refractivity contribution in [1.29, 1.82) is 0 Å². The number of hydrogen-bond acceptors (Lipinski definition) is 8. The first-order valence-corrected chi connectivity index (χ1v) is 9.05. The molecule has 152 valence electrons. The van der Waals surface area contributed by atoms with E-state index >= 15 is 0 Å². The third-order valence-corrected chi connectivity index (χ3v) is 5.16. The molecule has 2 aromatic carbocycles. The molecule has 0 amide bonds. The van der Waals surface area contributed by atoms with Crippen molar-refractivity contribution in [1.82, 2.24) is 0 Å². The fourth-order valence-electron chi connectivity index (χ4n) is 3.62.